The van der Waals surface area contributed by atoms with Crippen molar-refractivity contribution in [1.82, 2.24) is 35.1 Å². The molecule has 0 bridgehead atoms. The predicted molar refractivity (Wildman–Crippen MR) is 141 cm³/mol. The first-order valence-corrected chi connectivity index (χ1v) is 12.3. The molecule has 5 rings (SSSR count). The Morgan fingerprint density at radius 2 is 1.89 bits per heavy atom. The SMILES string of the molecule is Cc1cc2cc(C(c3nnnn3C(C)(C)C)N(Cc3cccnc3)Cc3ccco3)c(=O)[nH]c2cc1C. The summed E-state index contributed by atoms with van der Waals surface area (Å²) in [5.74, 6) is 1.35. The fraction of sp³-hybridized carbons (Fsp3) is 0.321. The van der Waals surface area contributed by atoms with E-state index in [1.165, 1.54) is 0 Å². The van der Waals surface area contributed by atoms with Crippen LogP contribution in [0.5, 0.6) is 0 Å². The van der Waals surface area contributed by atoms with Crippen LogP contribution in [0.1, 0.15) is 60.7 Å². The van der Waals surface area contributed by atoms with Crippen molar-refractivity contribution in [3.8, 4) is 0 Å². The highest BCUT2D eigenvalue weighted by Crippen LogP contribution is 2.32. The Hall–Kier alpha value is -4.11. The van der Waals surface area contributed by atoms with Gasteiger partial charge in [-0.2, -0.15) is 0 Å². The Labute approximate surface area is 215 Å². The second kappa shape index (κ2) is 9.74. The number of nitrogens with one attached hydrogen (secondary N) is 1. The summed E-state index contributed by atoms with van der Waals surface area (Å²) in [6.07, 6.45) is 5.23. The molecule has 0 radical (unpaired) electrons. The van der Waals surface area contributed by atoms with Crippen molar-refractivity contribution in [2.75, 3.05) is 0 Å². The molecule has 1 atom stereocenters. The third kappa shape index (κ3) is 5.08. The Morgan fingerprint density at radius 1 is 1.08 bits per heavy atom. The van der Waals surface area contributed by atoms with Crippen molar-refractivity contribution >= 4 is 10.9 Å². The number of rotatable bonds is 7. The molecule has 0 saturated carbocycles. The van der Waals surface area contributed by atoms with Crippen molar-refractivity contribution in [3.05, 3.63) is 105 Å². The molecule has 0 spiro atoms. The van der Waals surface area contributed by atoms with E-state index in [9.17, 15) is 4.79 Å². The van der Waals surface area contributed by atoms with E-state index in [1.54, 1.807) is 17.1 Å². The number of nitrogens with zero attached hydrogens (tertiary/aromatic N) is 6. The number of tetrazole rings is 1. The fourth-order valence-electron chi connectivity index (χ4n) is 4.61. The molecule has 1 N–H and O–H groups in total. The zero-order valence-corrected chi connectivity index (χ0v) is 21.8. The first-order chi connectivity index (χ1) is 17.7. The molecule has 9 heteroatoms. The highest BCUT2D eigenvalue weighted by Gasteiger charge is 2.34. The van der Waals surface area contributed by atoms with Crippen LogP contribution < -0.4 is 5.56 Å². The molecule has 0 aliphatic carbocycles. The number of aromatic nitrogens is 6. The van der Waals surface area contributed by atoms with Gasteiger partial charge in [-0.25, -0.2) is 4.68 Å². The first kappa shape index (κ1) is 24.6. The van der Waals surface area contributed by atoms with Gasteiger partial charge in [0.15, 0.2) is 5.82 Å². The zero-order chi connectivity index (χ0) is 26.2. The minimum atomic E-state index is -0.561. The molecule has 9 nitrogen and oxygen atoms in total. The summed E-state index contributed by atoms with van der Waals surface area (Å²) in [5.41, 5.74) is 4.06. The molecule has 190 valence electrons. The molecule has 1 aromatic carbocycles. The van der Waals surface area contributed by atoms with Gasteiger partial charge in [-0.1, -0.05) is 6.07 Å². The molecule has 4 aromatic heterocycles. The van der Waals surface area contributed by atoms with Crippen LogP contribution in [0.3, 0.4) is 0 Å². The Bertz CT molecular complexity index is 1560. The molecule has 0 amide bonds. The topological polar surface area (TPSA) is 106 Å². The number of aryl methyl sites for hydroxylation is 2. The number of hydrogen-bond acceptors (Lipinski definition) is 7. The number of pyridine rings is 2. The number of fused-ring (bicyclic) bond motifs is 1. The number of H-pyrrole nitrogens is 1. The molecule has 37 heavy (non-hydrogen) atoms. The second-order valence-corrected chi connectivity index (χ2v) is 10.4. The van der Waals surface area contributed by atoms with E-state index in [4.69, 9.17) is 4.42 Å². The first-order valence-electron chi connectivity index (χ1n) is 12.3. The van der Waals surface area contributed by atoms with E-state index in [1.807, 2.05) is 70.3 Å². The van der Waals surface area contributed by atoms with Gasteiger partial charge in [-0.3, -0.25) is 14.7 Å². The molecule has 0 saturated heterocycles. The van der Waals surface area contributed by atoms with Gasteiger partial charge in [0.2, 0.25) is 0 Å². The second-order valence-electron chi connectivity index (χ2n) is 10.4. The minimum Gasteiger partial charge on any atom is -0.468 e. The summed E-state index contributed by atoms with van der Waals surface area (Å²) in [4.78, 5) is 23.3. The standard InChI is InChI=1S/C28H31N7O2/c1-18-12-21-14-23(27(36)30-24(21)13-19(18)2)25(26-31-32-33-35(26)28(3,4)5)34(17-22-9-7-11-37-22)16-20-8-6-10-29-15-20/h6-15,25H,16-17H2,1-5H3,(H,30,36). The largest absolute Gasteiger partial charge is 0.468 e. The molecular weight excluding hydrogens is 466 g/mol. The molecule has 1 unspecified atom stereocenters. The van der Waals surface area contributed by atoms with Crippen LogP contribution in [0.25, 0.3) is 10.9 Å². The van der Waals surface area contributed by atoms with Crippen LogP contribution in [0, 0.1) is 13.8 Å². The Kier molecular flexibility index (Phi) is 6.47. The van der Waals surface area contributed by atoms with Crippen molar-refractivity contribution in [1.29, 1.82) is 0 Å². The summed E-state index contributed by atoms with van der Waals surface area (Å²) in [6.45, 7) is 11.2. The summed E-state index contributed by atoms with van der Waals surface area (Å²) in [5, 5.41) is 13.8. The maximum Gasteiger partial charge on any atom is 0.253 e. The summed E-state index contributed by atoms with van der Waals surface area (Å²) >= 11 is 0. The van der Waals surface area contributed by atoms with E-state index >= 15 is 0 Å². The smallest absolute Gasteiger partial charge is 0.253 e. The number of hydrogen-bond donors (Lipinski definition) is 1. The Balaban J connectivity index is 1.74. The van der Waals surface area contributed by atoms with Gasteiger partial charge in [-0.15, -0.1) is 5.10 Å². The molecule has 0 aliphatic rings. The van der Waals surface area contributed by atoms with E-state index in [0.717, 1.165) is 33.4 Å². The maximum absolute atomic E-state index is 13.7. The quantitative estimate of drug-likeness (QED) is 0.348. The van der Waals surface area contributed by atoms with Crippen LogP contribution in [0.15, 0.2) is 70.3 Å². The molecule has 5 aromatic rings. The van der Waals surface area contributed by atoms with Crippen molar-refractivity contribution in [3.63, 3.8) is 0 Å². The Morgan fingerprint density at radius 3 is 2.59 bits per heavy atom. The maximum atomic E-state index is 13.7. The van der Waals surface area contributed by atoms with Crippen molar-refractivity contribution in [2.45, 2.75) is 59.3 Å². The van der Waals surface area contributed by atoms with E-state index in [2.05, 4.69) is 43.4 Å². The van der Waals surface area contributed by atoms with E-state index in [0.29, 0.717) is 24.5 Å². The van der Waals surface area contributed by atoms with E-state index < -0.39 is 11.6 Å². The van der Waals surface area contributed by atoms with Crippen molar-refractivity contribution < 1.29 is 4.42 Å². The van der Waals surface area contributed by atoms with Gasteiger partial charge in [0.1, 0.15) is 11.8 Å². The third-order valence-corrected chi connectivity index (χ3v) is 6.57. The lowest BCUT2D eigenvalue weighted by atomic mass is 9.99. The van der Waals surface area contributed by atoms with Gasteiger partial charge in [-0.05, 0) is 104 Å². The number of furan rings is 1. The predicted octanol–water partition coefficient (Wildman–Crippen LogP) is 4.67. The lowest BCUT2D eigenvalue weighted by molar-refractivity contribution is 0.171. The van der Waals surface area contributed by atoms with Gasteiger partial charge in [0.25, 0.3) is 5.56 Å². The van der Waals surface area contributed by atoms with E-state index in [-0.39, 0.29) is 5.56 Å². The highest BCUT2D eigenvalue weighted by molar-refractivity contribution is 5.81. The average molecular weight is 498 g/mol. The van der Waals surface area contributed by atoms with Crippen LogP contribution in [0.2, 0.25) is 0 Å². The summed E-state index contributed by atoms with van der Waals surface area (Å²) in [6, 6.07) is 13.2. The molecule has 0 fully saturated rings. The third-order valence-electron chi connectivity index (χ3n) is 6.57. The summed E-state index contributed by atoms with van der Waals surface area (Å²) in [7, 11) is 0. The molecule has 4 heterocycles. The molecular formula is C28H31N7O2. The fourth-order valence-corrected chi connectivity index (χ4v) is 4.61. The number of benzene rings is 1. The molecule has 0 aliphatic heterocycles. The summed E-state index contributed by atoms with van der Waals surface area (Å²) < 4.78 is 7.52. The van der Waals surface area contributed by atoms with Crippen LogP contribution in [-0.4, -0.2) is 35.1 Å². The van der Waals surface area contributed by atoms with Gasteiger partial charge in [0.05, 0.1) is 18.3 Å². The lowest BCUT2D eigenvalue weighted by Crippen LogP contribution is -2.37. The normalized spacial score (nSPS) is 12.9. The van der Waals surface area contributed by atoms with Gasteiger partial charge >= 0.3 is 0 Å². The zero-order valence-electron chi connectivity index (χ0n) is 21.8. The monoisotopic (exact) mass is 497 g/mol. The lowest BCUT2D eigenvalue weighted by Gasteiger charge is -2.32. The average Bonchev–Trinajstić information content (AvgIpc) is 3.54. The van der Waals surface area contributed by atoms with Gasteiger partial charge in [0, 0.05) is 30.0 Å². The van der Waals surface area contributed by atoms with Crippen LogP contribution >= 0.6 is 0 Å². The minimum absolute atomic E-state index is 0.181. The van der Waals surface area contributed by atoms with Crippen molar-refractivity contribution in [2.24, 2.45) is 0 Å². The van der Waals surface area contributed by atoms with Crippen LogP contribution in [-0.2, 0) is 18.6 Å². The van der Waals surface area contributed by atoms with Crippen LogP contribution in [0.4, 0.5) is 0 Å². The number of aromatic amines is 1. The highest BCUT2D eigenvalue weighted by atomic mass is 16.3. The van der Waals surface area contributed by atoms with Gasteiger partial charge < -0.3 is 9.40 Å².